The Hall–Kier alpha value is -2.72. The molecule has 2 saturated heterocycles. The highest BCUT2D eigenvalue weighted by Crippen LogP contribution is 2.28. The second-order valence-corrected chi connectivity index (χ2v) is 9.97. The van der Waals surface area contributed by atoms with Crippen LogP contribution in [0.25, 0.3) is 0 Å². The van der Waals surface area contributed by atoms with Gasteiger partial charge in [0.2, 0.25) is 21.8 Å². The van der Waals surface area contributed by atoms with Crippen LogP contribution in [0.3, 0.4) is 0 Å². The average molecular weight is 446 g/mol. The average Bonchev–Trinajstić information content (AvgIpc) is 3.27. The molecule has 2 fully saturated rings. The zero-order valence-electron chi connectivity index (χ0n) is 18.0. The number of nitrogens with zero attached hydrogens (tertiary/aromatic N) is 5. The summed E-state index contributed by atoms with van der Waals surface area (Å²) in [5, 5.41) is 4.22. The van der Waals surface area contributed by atoms with Gasteiger partial charge in [-0.05, 0) is 26.0 Å². The monoisotopic (exact) mass is 445 g/mol. The van der Waals surface area contributed by atoms with Gasteiger partial charge in [-0.3, -0.25) is 14.3 Å². The molecule has 0 bridgehead atoms. The summed E-state index contributed by atoms with van der Waals surface area (Å²) in [4.78, 5) is 29.0. The molecular weight excluding hydrogens is 418 g/mol. The summed E-state index contributed by atoms with van der Waals surface area (Å²) >= 11 is 0. The molecule has 2 aliphatic heterocycles. The zero-order chi connectivity index (χ0) is 22.3. The lowest BCUT2D eigenvalue weighted by Crippen LogP contribution is -2.52. The molecule has 4 rings (SSSR count). The Morgan fingerprint density at radius 3 is 2.29 bits per heavy atom. The molecular formula is C21H27N5O4S. The van der Waals surface area contributed by atoms with Crippen LogP contribution in [0.5, 0.6) is 0 Å². The predicted molar refractivity (Wildman–Crippen MR) is 115 cm³/mol. The fourth-order valence-corrected chi connectivity index (χ4v) is 6.22. The number of hydrogen-bond acceptors (Lipinski definition) is 5. The molecule has 0 N–H and O–H groups in total. The van der Waals surface area contributed by atoms with E-state index in [2.05, 4.69) is 5.10 Å². The van der Waals surface area contributed by atoms with E-state index in [0.29, 0.717) is 31.0 Å². The number of benzene rings is 1. The largest absolute Gasteiger partial charge is 0.340 e. The number of aromatic nitrogens is 2. The topological polar surface area (TPSA) is 95.8 Å². The lowest BCUT2D eigenvalue weighted by molar-refractivity contribution is -0.136. The summed E-state index contributed by atoms with van der Waals surface area (Å²) in [5.41, 5.74) is 1.87. The Morgan fingerprint density at radius 2 is 1.71 bits per heavy atom. The van der Waals surface area contributed by atoms with Crippen LogP contribution in [0.1, 0.15) is 17.8 Å². The number of hydrogen-bond donors (Lipinski definition) is 0. The van der Waals surface area contributed by atoms with E-state index >= 15 is 0 Å². The summed E-state index contributed by atoms with van der Waals surface area (Å²) in [6, 6.07) is 9.33. The van der Waals surface area contributed by atoms with E-state index in [1.807, 2.05) is 30.3 Å². The van der Waals surface area contributed by atoms with Gasteiger partial charge in [0.05, 0.1) is 17.3 Å². The van der Waals surface area contributed by atoms with E-state index in [-0.39, 0.29) is 36.2 Å². The molecule has 166 valence electrons. The number of anilines is 1. The van der Waals surface area contributed by atoms with Crippen molar-refractivity contribution in [2.75, 3.05) is 37.6 Å². The first-order valence-electron chi connectivity index (χ1n) is 10.3. The number of aryl methyl sites for hydroxylation is 2. The highest BCUT2D eigenvalue weighted by atomic mass is 32.2. The summed E-state index contributed by atoms with van der Waals surface area (Å²) < 4.78 is 29.3. The normalized spacial score (nSPS) is 20.5. The third-order valence-corrected chi connectivity index (χ3v) is 8.28. The number of amides is 2. The molecule has 10 heteroatoms. The number of carbonyl (C=O) groups excluding carboxylic acids is 2. The van der Waals surface area contributed by atoms with Crippen molar-refractivity contribution >= 4 is 27.5 Å². The van der Waals surface area contributed by atoms with Gasteiger partial charge in [-0.25, -0.2) is 8.42 Å². The molecule has 0 aliphatic carbocycles. The highest BCUT2D eigenvalue weighted by Gasteiger charge is 2.39. The Kier molecular flexibility index (Phi) is 5.61. The minimum atomic E-state index is -3.67. The van der Waals surface area contributed by atoms with Crippen molar-refractivity contribution in [3.63, 3.8) is 0 Å². The zero-order valence-corrected chi connectivity index (χ0v) is 18.8. The molecule has 0 radical (unpaired) electrons. The SMILES string of the molecule is Cc1nn(C)c(C)c1S(=O)(=O)N1CCN(C(=O)[C@@H]2CC(=O)N(c3ccccc3)C2)CC1. The van der Waals surface area contributed by atoms with E-state index in [9.17, 15) is 18.0 Å². The van der Waals surface area contributed by atoms with Crippen LogP contribution < -0.4 is 4.90 Å². The Balaban J connectivity index is 1.41. The van der Waals surface area contributed by atoms with E-state index in [1.54, 1.807) is 35.4 Å². The lowest BCUT2D eigenvalue weighted by Gasteiger charge is -2.35. The van der Waals surface area contributed by atoms with Crippen molar-refractivity contribution < 1.29 is 18.0 Å². The molecule has 1 atom stereocenters. The first kappa shape index (κ1) is 21.5. The van der Waals surface area contributed by atoms with Crippen molar-refractivity contribution in [1.82, 2.24) is 19.0 Å². The number of sulfonamides is 1. The van der Waals surface area contributed by atoms with Gasteiger partial charge in [0, 0.05) is 51.9 Å². The Labute approximate surface area is 182 Å². The van der Waals surface area contributed by atoms with E-state index in [1.165, 1.54) is 4.31 Å². The minimum absolute atomic E-state index is 0.0618. The van der Waals surface area contributed by atoms with Gasteiger partial charge in [0.15, 0.2) is 0 Å². The van der Waals surface area contributed by atoms with Crippen LogP contribution in [0.2, 0.25) is 0 Å². The van der Waals surface area contributed by atoms with Gasteiger partial charge >= 0.3 is 0 Å². The fourth-order valence-electron chi connectivity index (χ4n) is 4.39. The Bertz CT molecular complexity index is 1100. The van der Waals surface area contributed by atoms with Crippen LogP contribution in [-0.4, -0.2) is 71.9 Å². The van der Waals surface area contributed by atoms with Crippen LogP contribution in [-0.2, 0) is 26.7 Å². The van der Waals surface area contributed by atoms with Gasteiger partial charge in [-0.2, -0.15) is 9.40 Å². The molecule has 1 aromatic heterocycles. The molecule has 2 amide bonds. The van der Waals surface area contributed by atoms with Crippen molar-refractivity contribution in [2.45, 2.75) is 25.2 Å². The maximum absolute atomic E-state index is 13.1. The molecule has 0 saturated carbocycles. The highest BCUT2D eigenvalue weighted by molar-refractivity contribution is 7.89. The quantitative estimate of drug-likeness (QED) is 0.698. The minimum Gasteiger partial charge on any atom is -0.340 e. The first-order chi connectivity index (χ1) is 14.7. The van der Waals surface area contributed by atoms with Gasteiger partial charge in [-0.15, -0.1) is 0 Å². The molecule has 0 spiro atoms. The summed E-state index contributed by atoms with van der Waals surface area (Å²) in [7, 11) is -1.95. The standard InChI is InChI=1S/C21H27N5O4S/c1-15-20(16(2)23(3)22-15)31(29,30)25-11-9-24(10-12-25)21(28)17-13-19(27)26(14-17)18-7-5-4-6-8-18/h4-8,17H,9-14H2,1-3H3/t17-/m1/s1. The summed E-state index contributed by atoms with van der Waals surface area (Å²) in [5.74, 6) is -0.551. The van der Waals surface area contributed by atoms with Crippen molar-refractivity contribution in [1.29, 1.82) is 0 Å². The van der Waals surface area contributed by atoms with Gasteiger partial charge in [-0.1, -0.05) is 18.2 Å². The Morgan fingerprint density at radius 1 is 1.06 bits per heavy atom. The van der Waals surface area contributed by atoms with Crippen molar-refractivity contribution in [2.24, 2.45) is 13.0 Å². The number of para-hydroxylation sites is 1. The summed E-state index contributed by atoms with van der Waals surface area (Å²) in [6.45, 7) is 4.86. The molecule has 3 heterocycles. The summed E-state index contributed by atoms with van der Waals surface area (Å²) in [6.07, 6.45) is 0.181. The van der Waals surface area contributed by atoms with Crippen molar-refractivity contribution in [3.05, 3.63) is 41.7 Å². The van der Waals surface area contributed by atoms with Crippen LogP contribution in [0.4, 0.5) is 5.69 Å². The lowest BCUT2D eigenvalue weighted by atomic mass is 10.1. The first-order valence-corrected chi connectivity index (χ1v) is 11.8. The number of piperazine rings is 1. The van der Waals surface area contributed by atoms with Gasteiger partial charge < -0.3 is 9.80 Å². The molecule has 2 aromatic rings. The van der Waals surface area contributed by atoms with Crippen LogP contribution in [0, 0.1) is 19.8 Å². The smallest absolute Gasteiger partial charge is 0.246 e. The predicted octanol–water partition coefficient (Wildman–Crippen LogP) is 0.923. The molecule has 2 aliphatic rings. The second kappa shape index (κ2) is 8.08. The third kappa shape index (κ3) is 3.85. The molecule has 0 unspecified atom stereocenters. The second-order valence-electron chi connectivity index (χ2n) is 8.09. The molecule has 1 aromatic carbocycles. The maximum Gasteiger partial charge on any atom is 0.246 e. The van der Waals surface area contributed by atoms with Crippen molar-refractivity contribution in [3.8, 4) is 0 Å². The maximum atomic E-state index is 13.1. The molecule has 31 heavy (non-hydrogen) atoms. The fraction of sp³-hybridized carbons (Fsp3) is 0.476. The van der Waals surface area contributed by atoms with E-state index in [4.69, 9.17) is 0 Å². The number of rotatable bonds is 4. The van der Waals surface area contributed by atoms with E-state index < -0.39 is 15.9 Å². The van der Waals surface area contributed by atoms with Gasteiger partial charge in [0.1, 0.15) is 4.90 Å². The van der Waals surface area contributed by atoms with Crippen LogP contribution >= 0.6 is 0 Å². The van der Waals surface area contributed by atoms with E-state index in [0.717, 1.165) is 5.69 Å². The van der Waals surface area contributed by atoms with Crippen LogP contribution in [0.15, 0.2) is 35.2 Å². The number of carbonyl (C=O) groups is 2. The third-order valence-electron chi connectivity index (χ3n) is 6.13. The van der Waals surface area contributed by atoms with Gasteiger partial charge in [0.25, 0.3) is 0 Å². The molecule has 9 nitrogen and oxygen atoms in total.